The number of aromatic amines is 1. The highest BCUT2D eigenvalue weighted by Gasteiger charge is 2.14. The van der Waals surface area contributed by atoms with E-state index < -0.39 is 0 Å². The maximum atomic E-state index is 6.40. The quantitative estimate of drug-likeness (QED) is 0.554. The minimum atomic E-state index is -0.00179. The molecule has 0 unspecified atom stereocenters. The van der Waals surface area contributed by atoms with Crippen molar-refractivity contribution in [2.75, 3.05) is 12.5 Å². The fraction of sp³-hybridized carbons (Fsp3) is 0.263. The molecule has 2 aromatic carbocycles. The molecule has 6 nitrogen and oxygen atoms in total. The Morgan fingerprint density at radius 2 is 2.00 bits per heavy atom. The van der Waals surface area contributed by atoms with Crippen LogP contribution in [0.15, 0.2) is 42.5 Å². The highest BCUT2D eigenvalue weighted by atomic mass is 35.5. The summed E-state index contributed by atoms with van der Waals surface area (Å²) in [5.41, 5.74) is 5.16. The Kier molecular flexibility index (Phi) is 6.03. The lowest BCUT2D eigenvalue weighted by atomic mass is 10.2. The summed E-state index contributed by atoms with van der Waals surface area (Å²) in [6.07, 6.45) is -0.00179. The van der Waals surface area contributed by atoms with Crippen LogP contribution in [0, 0.1) is 4.77 Å². The Hall–Kier alpha value is -2.51. The van der Waals surface area contributed by atoms with E-state index in [4.69, 9.17) is 33.3 Å². The Morgan fingerprint density at radius 1 is 1.26 bits per heavy atom. The van der Waals surface area contributed by atoms with E-state index in [2.05, 4.69) is 15.6 Å². The summed E-state index contributed by atoms with van der Waals surface area (Å²) in [6.45, 7) is 4.36. The van der Waals surface area contributed by atoms with Crippen LogP contribution in [-0.4, -0.2) is 28.1 Å². The van der Waals surface area contributed by atoms with Gasteiger partial charge in [0.2, 0.25) is 4.77 Å². The van der Waals surface area contributed by atoms with Crippen LogP contribution >= 0.6 is 23.8 Å². The third kappa shape index (κ3) is 4.43. The number of hydrogen-bond donors (Lipinski definition) is 2. The maximum absolute atomic E-state index is 6.40. The van der Waals surface area contributed by atoms with Crippen LogP contribution in [0.25, 0.3) is 11.4 Å². The molecule has 8 heteroatoms. The highest BCUT2D eigenvalue weighted by molar-refractivity contribution is 7.71. The maximum Gasteiger partial charge on any atom is 0.214 e. The zero-order valence-corrected chi connectivity index (χ0v) is 16.9. The van der Waals surface area contributed by atoms with Gasteiger partial charge in [0.15, 0.2) is 17.3 Å². The number of halogens is 1. The van der Waals surface area contributed by atoms with Crippen LogP contribution in [-0.2, 0) is 6.54 Å². The number of methoxy groups -OCH3 is 1. The molecule has 0 amide bonds. The molecule has 0 radical (unpaired) electrons. The molecule has 1 heterocycles. The summed E-state index contributed by atoms with van der Waals surface area (Å²) in [7, 11) is 1.59. The van der Waals surface area contributed by atoms with Crippen molar-refractivity contribution < 1.29 is 9.47 Å². The topological polar surface area (TPSA) is 64.1 Å². The van der Waals surface area contributed by atoms with Crippen molar-refractivity contribution in [3.05, 3.63) is 57.8 Å². The fourth-order valence-corrected chi connectivity index (χ4v) is 3.09. The fourth-order valence-electron chi connectivity index (χ4n) is 2.62. The first-order valence-corrected chi connectivity index (χ1v) is 9.28. The predicted octanol–water partition coefficient (Wildman–Crippen LogP) is 4.80. The van der Waals surface area contributed by atoms with Crippen molar-refractivity contribution in [1.29, 1.82) is 0 Å². The van der Waals surface area contributed by atoms with Crippen LogP contribution in [0.2, 0.25) is 5.02 Å². The van der Waals surface area contributed by atoms with Crippen molar-refractivity contribution in [2.24, 2.45) is 0 Å². The molecule has 1 aromatic heterocycles. The van der Waals surface area contributed by atoms with E-state index in [1.165, 1.54) is 0 Å². The molecular weight excluding hydrogens is 384 g/mol. The van der Waals surface area contributed by atoms with Gasteiger partial charge >= 0.3 is 0 Å². The molecular formula is C19H21ClN4O2S. The largest absolute Gasteiger partial charge is 0.493 e. The molecule has 0 saturated carbocycles. The predicted molar refractivity (Wildman–Crippen MR) is 110 cm³/mol. The summed E-state index contributed by atoms with van der Waals surface area (Å²) in [4.78, 5) is 0. The number of benzene rings is 2. The van der Waals surface area contributed by atoms with E-state index in [1.54, 1.807) is 11.8 Å². The summed E-state index contributed by atoms with van der Waals surface area (Å²) >= 11 is 11.7. The summed E-state index contributed by atoms with van der Waals surface area (Å²) in [5, 5.41) is 7.63. The number of rotatable bonds is 7. The molecule has 0 aliphatic rings. The van der Waals surface area contributed by atoms with E-state index >= 15 is 0 Å². The van der Waals surface area contributed by atoms with Gasteiger partial charge in [0.1, 0.15) is 0 Å². The molecule has 27 heavy (non-hydrogen) atoms. The third-order valence-electron chi connectivity index (χ3n) is 3.79. The first-order chi connectivity index (χ1) is 13.0. The first-order valence-electron chi connectivity index (χ1n) is 8.49. The number of hydrogen-bond acceptors (Lipinski definition) is 5. The summed E-state index contributed by atoms with van der Waals surface area (Å²) in [6, 6.07) is 13.5. The molecule has 3 aromatic rings. The minimum Gasteiger partial charge on any atom is -0.493 e. The van der Waals surface area contributed by atoms with Crippen molar-refractivity contribution in [1.82, 2.24) is 14.9 Å². The van der Waals surface area contributed by atoms with Gasteiger partial charge in [-0.3, -0.25) is 0 Å². The zero-order chi connectivity index (χ0) is 19.4. The van der Waals surface area contributed by atoms with Gasteiger partial charge in [0.05, 0.1) is 24.8 Å². The van der Waals surface area contributed by atoms with Crippen LogP contribution < -0.4 is 14.9 Å². The van der Waals surface area contributed by atoms with Gasteiger partial charge < -0.3 is 14.9 Å². The number of H-pyrrole nitrogens is 1. The molecule has 3 rings (SSSR count). The van der Waals surface area contributed by atoms with Crippen molar-refractivity contribution in [3.63, 3.8) is 0 Å². The average molecular weight is 405 g/mol. The second-order valence-corrected chi connectivity index (χ2v) is 6.96. The van der Waals surface area contributed by atoms with Crippen molar-refractivity contribution in [2.45, 2.75) is 26.5 Å². The molecule has 0 saturated heterocycles. The van der Waals surface area contributed by atoms with E-state index in [1.807, 2.05) is 56.3 Å². The van der Waals surface area contributed by atoms with Crippen molar-refractivity contribution in [3.8, 4) is 22.9 Å². The Bertz CT molecular complexity index is 970. The van der Waals surface area contributed by atoms with Gasteiger partial charge in [0, 0.05) is 5.56 Å². The minimum absolute atomic E-state index is 0.00179. The van der Waals surface area contributed by atoms with Gasteiger partial charge in [-0.25, -0.2) is 9.77 Å². The second kappa shape index (κ2) is 8.45. The van der Waals surface area contributed by atoms with Crippen LogP contribution in [0.3, 0.4) is 0 Å². The van der Waals surface area contributed by atoms with Gasteiger partial charge in [-0.15, -0.1) is 0 Å². The highest BCUT2D eigenvalue weighted by Crippen LogP contribution is 2.37. The van der Waals surface area contributed by atoms with E-state index in [0.717, 1.165) is 11.1 Å². The summed E-state index contributed by atoms with van der Waals surface area (Å²) < 4.78 is 13.4. The lowest BCUT2D eigenvalue weighted by Crippen LogP contribution is -2.16. The first kappa shape index (κ1) is 19.3. The van der Waals surface area contributed by atoms with E-state index in [0.29, 0.717) is 33.7 Å². The molecule has 0 aliphatic carbocycles. The van der Waals surface area contributed by atoms with E-state index in [9.17, 15) is 0 Å². The molecule has 142 valence electrons. The molecule has 2 N–H and O–H groups in total. The Morgan fingerprint density at radius 3 is 2.67 bits per heavy atom. The number of nitrogens with one attached hydrogen (secondary N) is 2. The summed E-state index contributed by atoms with van der Waals surface area (Å²) in [5.74, 6) is 1.84. The second-order valence-electron chi connectivity index (χ2n) is 6.16. The number of nitrogens with zero attached hydrogens (tertiary/aromatic N) is 2. The van der Waals surface area contributed by atoms with Gasteiger partial charge in [-0.05, 0) is 43.8 Å². The molecule has 0 bridgehead atoms. The number of aromatic nitrogens is 3. The van der Waals surface area contributed by atoms with Crippen LogP contribution in [0.5, 0.6) is 11.5 Å². The van der Waals surface area contributed by atoms with Gasteiger partial charge in [0.25, 0.3) is 0 Å². The Labute approximate surface area is 168 Å². The van der Waals surface area contributed by atoms with Crippen LogP contribution in [0.4, 0.5) is 0 Å². The zero-order valence-electron chi connectivity index (χ0n) is 15.3. The molecule has 0 atom stereocenters. The lowest BCUT2D eigenvalue weighted by molar-refractivity contribution is 0.230. The van der Waals surface area contributed by atoms with Crippen molar-refractivity contribution >= 4 is 23.8 Å². The normalized spacial score (nSPS) is 10.9. The third-order valence-corrected chi connectivity index (χ3v) is 4.34. The monoisotopic (exact) mass is 404 g/mol. The van der Waals surface area contributed by atoms with Gasteiger partial charge in [-0.1, -0.05) is 41.9 Å². The standard InChI is InChI=1S/C19H21ClN4O2S/c1-12(2)26-17-15(20)9-13(10-16(17)25-3)11-21-24-18(22-23-19(24)27)14-7-5-4-6-8-14/h4-10,12,21H,11H2,1-3H3,(H,23,27). The molecule has 0 aliphatic heterocycles. The molecule has 0 spiro atoms. The Balaban J connectivity index is 1.85. The lowest BCUT2D eigenvalue weighted by Gasteiger charge is -2.17. The smallest absolute Gasteiger partial charge is 0.214 e. The average Bonchev–Trinajstić information content (AvgIpc) is 3.02. The molecule has 0 fully saturated rings. The number of ether oxygens (including phenoxy) is 2. The van der Waals surface area contributed by atoms with E-state index in [-0.39, 0.29) is 6.10 Å². The SMILES string of the molecule is COc1cc(CNn2c(-c3ccccc3)n[nH]c2=S)cc(Cl)c1OC(C)C. The van der Waals surface area contributed by atoms with Gasteiger partial charge in [-0.2, -0.15) is 5.10 Å². The van der Waals surface area contributed by atoms with Crippen LogP contribution in [0.1, 0.15) is 19.4 Å².